The van der Waals surface area contributed by atoms with Crippen molar-refractivity contribution in [2.45, 2.75) is 31.8 Å². The first-order chi connectivity index (χ1) is 8.99. The van der Waals surface area contributed by atoms with Gasteiger partial charge in [-0.05, 0) is 25.7 Å². The van der Waals surface area contributed by atoms with Crippen molar-refractivity contribution in [2.75, 3.05) is 0 Å². The number of aromatic hydroxyl groups is 1. The molecule has 0 unspecified atom stereocenters. The van der Waals surface area contributed by atoms with E-state index in [1.165, 1.54) is 0 Å². The summed E-state index contributed by atoms with van der Waals surface area (Å²) in [6.07, 6.45) is 3.63. The van der Waals surface area contributed by atoms with Gasteiger partial charge in [-0.1, -0.05) is 0 Å². The third-order valence-electron chi connectivity index (χ3n) is 3.10. The van der Waals surface area contributed by atoms with Crippen LogP contribution in [0.4, 0.5) is 5.69 Å². The standard InChI is InChI=1S/C12H13NO6/c14-10-6-9(13(17)18)8(12(15)16)5-11(10)19-7-3-1-2-4-7/h5-7,14H,1-4H2,(H,15,16). The monoisotopic (exact) mass is 267 g/mol. The Hall–Kier alpha value is -2.31. The number of aromatic carboxylic acids is 1. The number of hydrogen-bond acceptors (Lipinski definition) is 5. The molecule has 0 aliphatic heterocycles. The maximum Gasteiger partial charge on any atom is 0.342 e. The van der Waals surface area contributed by atoms with Crippen LogP contribution in [0.25, 0.3) is 0 Å². The fourth-order valence-corrected chi connectivity index (χ4v) is 2.16. The molecule has 0 saturated heterocycles. The minimum Gasteiger partial charge on any atom is -0.504 e. The van der Waals surface area contributed by atoms with E-state index in [1.54, 1.807) is 0 Å². The molecule has 1 fully saturated rings. The van der Waals surface area contributed by atoms with E-state index in [2.05, 4.69) is 0 Å². The lowest BCUT2D eigenvalue weighted by Crippen LogP contribution is -2.12. The number of carboxylic acid groups (broad SMARTS) is 1. The lowest BCUT2D eigenvalue weighted by atomic mass is 10.1. The zero-order chi connectivity index (χ0) is 14.0. The summed E-state index contributed by atoms with van der Waals surface area (Å²) in [6.45, 7) is 0. The number of benzene rings is 1. The molecule has 2 N–H and O–H groups in total. The van der Waals surface area contributed by atoms with Crippen molar-refractivity contribution in [1.82, 2.24) is 0 Å². The number of hydrogen-bond donors (Lipinski definition) is 2. The molecule has 1 aromatic carbocycles. The van der Waals surface area contributed by atoms with Crippen LogP contribution >= 0.6 is 0 Å². The van der Waals surface area contributed by atoms with Gasteiger partial charge in [-0.25, -0.2) is 4.79 Å². The second-order valence-electron chi connectivity index (χ2n) is 4.42. The molecule has 1 aliphatic carbocycles. The van der Waals surface area contributed by atoms with Crippen LogP contribution in [0, 0.1) is 10.1 Å². The first kappa shape index (κ1) is 13.1. The molecule has 1 aliphatic rings. The summed E-state index contributed by atoms with van der Waals surface area (Å²) >= 11 is 0. The molecule has 1 aromatic rings. The third kappa shape index (κ3) is 2.75. The number of ether oxygens (including phenoxy) is 1. The molecule has 7 nitrogen and oxygen atoms in total. The van der Waals surface area contributed by atoms with E-state index in [9.17, 15) is 20.0 Å². The van der Waals surface area contributed by atoms with Gasteiger partial charge in [0, 0.05) is 6.07 Å². The lowest BCUT2D eigenvalue weighted by Gasteiger charge is -2.14. The first-order valence-electron chi connectivity index (χ1n) is 5.90. The molecule has 0 amide bonds. The number of phenolic OH excluding ortho intramolecular Hbond substituents is 1. The number of nitro benzene ring substituents is 1. The predicted molar refractivity (Wildman–Crippen MR) is 64.6 cm³/mol. The maximum atomic E-state index is 11.0. The highest BCUT2D eigenvalue weighted by Gasteiger charge is 2.25. The van der Waals surface area contributed by atoms with Crippen LogP contribution in [-0.4, -0.2) is 27.2 Å². The Kier molecular flexibility index (Phi) is 3.55. The molecular weight excluding hydrogens is 254 g/mol. The molecular formula is C12H13NO6. The molecule has 0 spiro atoms. The summed E-state index contributed by atoms with van der Waals surface area (Å²) in [5.41, 5.74) is -1.14. The molecule has 19 heavy (non-hydrogen) atoms. The van der Waals surface area contributed by atoms with Crippen LogP contribution < -0.4 is 4.74 Å². The quantitative estimate of drug-likeness (QED) is 0.639. The molecule has 2 rings (SSSR count). The first-order valence-corrected chi connectivity index (χ1v) is 5.90. The zero-order valence-electron chi connectivity index (χ0n) is 10.0. The van der Waals surface area contributed by atoms with Gasteiger partial charge in [0.15, 0.2) is 11.5 Å². The summed E-state index contributed by atoms with van der Waals surface area (Å²) in [5.74, 6) is -1.86. The molecule has 0 heterocycles. The summed E-state index contributed by atoms with van der Waals surface area (Å²) in [4.78, 5) is 20.9. The normalized spacial score (nSPS) is 15.4. The van der Waals surface area contributed by atoms with Gasteiger partial charge in [-0.15, -0.1) is 0 Å². The van der Waals surface area contributed by atoms with Crippen LogP contribution in [0.1, 0.15) is 36.0 Å². The summed E-state index contributed by atoms with van der Waals surface area (Å²) in [5, 5.41) is 29.4. The van der Waals surface area contributed by atoms with Gasteiger partial charge in [-0.2, -0.15) is 0 Å². The Morgan fingerprint density at radius 3 is 2.53 bits per heavy atom. The number of rotatable bonds is 4. The van der Waals surface area contributed by atoms with Crippen LogP contribution in [-0.2, 0) is 0 Å². The number of phenols is 1. The Bertz CT molecular complexity index is 521. The SMILES string of the molecule is O=C(O)c1cc(OC2CCCC2)c(O)cc1[N+](=O)[O-]. The molecule has 1 saturated carbocycles. The topological polar surface area (TPSA) is 110 Å². The average Bonchev–Trinajstić information content (AvgIpc) is 2.83. The van der Waals surface area contributed by atoms with E-state index in [0.29, 0.717) is 0 Å². The number of carboxylic acids is 1. The summed E-state index contributed by atoms with van der Waals surface area (Å²) in [6, 6.07) is 1.82. The lowest BCUT2D eigenvalue weighted by molar-refractivity contribution is -0.385. The van der Waals surface area contributed by atoms with Crippen LogP contribution in [0.2, 0.25) is 0 Å². The Balaban J connectivity index is 2.36. The van der Waals surface area contributed by atoms with Gasteiger partial charge in [0.25, 0.3) is 5.69 Å². The number of carbonyl (C=O) groups is 1. The largest absolute Gasteiger partial charge is 0.504 e. The van der Waals surface area contributed by atoms with E-state index < -0.39 is 27.9 Å². The van der Waals surface area contributed by atoms with Crippen molar-refractivity contribution in [3.63, 3.8) is 0 Å². The van der Waals surface area contributed by atoms with Gasteiger partial charge in [0.2, 0.25) is 0 Å². The second kappa shape index (κ2) is 5.13. The van der Waals surface area contributed by atoms with E-state index in [1.807, 2.05) is 0 Å². The van der Waals surface area contributed by atoms with Crippen molar-refractivity contribution in [3.05, 3.63) is 27.8 Å². The minimum atomic E-state index is -1.43. The van der Waals surface area contributed by atoms with Crippen molar-refractivity contribution in [2.24, 2.45) is 0 Å². The zero-order valence-corrected chi connectivity index (χ0v) is 10.0. The van der Waals surface area contributed by atoms with E-state index >= 15 is 0 Å². The molecule has 0 radical (unpaired) electrons. The molecule has 0 aromatic heterocycles. The Morgan fingerprint density at radius 1 is 1.37 bits per heavy atom. The fourth-order valence-electron chi connectivity index (χ4n) is 2.16. The highest BCUT2D eigenvalue weighted by atomic mass is 16.6. The molecule has 102 valence electrons. The van der Waals surface area contributed by atoms with Crippen LogP contribution in [0.3, 0.4) is 0 Å². The molecule has 0 atom stereocenters. The Morgan fingerprint density at radius 2 is 2.00 bits per heavy atom. The van der Waals surface area contributed by atoms with Crippen molar-refractivity contribution in [1.29, 1.82) is 0 Å². The number of nitrogens with zero attached hydrogens (tertiary/aromatic N) is 1. The van der Waals surface area contributed by atoms with E-state index in [-0.39, 0.29) is 11.9 Å². The summed E-state index contributed by atoms with van der Waals surface area (Å²) in [7, 11) is 0. The maximum absolute atomic E-state index is 11.0. The Labute approximate surface area is 108 Å². The van der Waals surface area contributed by atoms with Crippen LogP contribution in [0.5, 0.6) is 11.5 Å². The van der Waals surface area contributed by atoms with Crippen molar-refractivity contribution in [3.8, 4) is 11.5 Å². The van der Waals surface area contributed by atoms with Gasteiger partial charge in [-0.3, -0.25) is 10.1 Å². The van der Waals surface area contributed by atoms with Crippen LogP contribution in [0.15, 0.2) is 12.1 Å². The smallest absolute Gasteiger partial charge is 0.342 e. The van der Waals surface area contributed by atoms with Gasteiger partial charge < -0.3 is 14.9 Å². The van der Waals surface area contributed by atoms with Gasteiger partial charge in [0.05, 0.1) is 17.1 Å². The van der Waals surface area contributed by atoms with E-state index in [0.717, 1.165) is 37.8 Å². The third-order valence-corrected chi connectivity index (χ3v) is 3.10. The van der Waals surface area contributed by atoms with Crippen molar-refractivity contribution >= 4 is 11.7 Å². The van der Waals surface area contributed by atoms with E-state index in [4.69, 9.17) is 9.84 Å². The highest BCUT2D eigenvalue weighted by Crippen LogP contribution is 2.36. The molecule has 7 heteroatoms. The highest BCUT2D eigenvalue weighted by molar-refractivity contribution is 5.93. The fraction of sp³-hybridized carbons (Fsp3) is 0.417. The molecule has 0 bridgehead atoms. The second-order valence-corrected chi connectivity index (χ2v) is 4.42. The summed E-state index contributed by atoms with van der Waals surface area (Å²) < 4.78 is 5.50. The average molecular weight is 267 g/mol. The van der Waals surface area contributed by atoms with Gasteiger partial charge in [0.1, 0.15) is 5.56 Å². The van der Waals surface area contributed by atoms with Gasteiger partial charge >= 0.3 is 5.97 Å². The predicted octanol–water partition coefficient (Wildman–Crippen LogP) is 2.32. The minimum absolute atomic E-state index is 0.0186. The van der Waals surface area contributed by atoms with Crippen molar-refractivity contribution < 1.29 is 24.7 Å². The number of nitro groups is 1.